The van der Waals surface area contributed by atoms with E-state index in [1.165, 1.54) is 329 Å². The Balaban J connectivity index is 1.89. The number of allylic oxidation sites excluding steroid dienone is 2. The van der Waals surface area contributed by atoms with Crippen LogP contribution in [-0.4, -0.2) is 4.70 Å². The molecule has 2 heteroatoms. The number of rotatable bonds is 53. The van der Waals surface area contributed by atoms with Crippen LogP contribution in [0.5, 0.6) is 0 Å². The molecule has 0 unspecified atom stereocenters. The lowest BCUT2D eigenvalue weighted by molar-refractivity contribution is -0.344. The smallest absolute Gasteiger partial charge is 0.223 e. The highest BCUT2D eigenvalue weighted by Crippen LogP contribution is 2.39. The molecule has 0 N–H and O–H groups in total. The van der Waals surface area contributed by atoms with Crippen molar-refractivity contribution in [3.8, 4) is 11.8 Å². The van der Waals surface area contributed by atoms with Crippen LogP contribution in [0.25, 0.3) is 16.9 Å². The third-order valence-corrected chi connectivity index (χ3v) is 17.8. The molecule has 2 aromatic rings. The largest absolute Gasteiger partial charge is 0.493 e. The van der Waals surface area contributed by atoms with Crippen LogP contribution in [-0.2, 0) is 38.5 Å². The van der Waals surface area contributed by atoms with E-state index >= 15 is 0 Å². The maximum absolute atomic E-state index is 12.9. The second-order valence-corrected chi connectivity index (χ2v) is 25.1. The molecule has 0 aliphatic carbocycles. The highest BCUT2D eigenvalue weighted by molar-refractivity contribution is 5.82. The molecule has 0 radical (unpaired) electrons. The van der Waals surface area contributed by atoms with Gasteiger partial charge in [-0.1, -0.05) is 304 Å². The summed E-state index contributed by atoms with van der Waals surface area (Å²) in [7, 11) is 0. The number of aryl methyl sites for hydroxylation is 4. The average Bonchev–Trinajstić information content (AvgIpc) is 3.86. The molecule has 1 aliphatic rings. The Morgan fingerprint density at radius 2 is 0.557 bits per heavy atom. The van der Waals surface area contributed by atoms with Gasteiger partial charge in [-0.2, -0.15) is 0 Å². The van der Waals surface area contributed by atoms with E-state index < -0.39 is 0 Å². The number of benzene rings is 2. The first-order valence-corrected chi connectivity index (χ1v) is 35.7. The van der Waals surface area contributed by atoms with Crippen LogP contribution in [0.1, 0.15) is 388 Å². The molecule has 0 atom stereocenters. The minimum atomic E-state index is 0.918. The predicted molar refractivity (Wildman–Crippen MR) is 354 cm³/mol. The van der Waals surface area contributed by atoms with Crippen molar-refractivity contribution >= 4 is 11.4 Å². The highest BCUT2D eigenvalue weighted by atomic mass is 15.2. The summed E-state index contributed by atoms with van der Waals surface area (Å²) in [4.78, 5) is 0. The summed E-state index contributed by atoms with van der Waals surface area (Å²) in [6, 6.07) is 10.1. The van der Waals surface area contributed by atoms with Crippen LogP contribution < -0.4 is 0 Å². The Morgan fingerprint density at radius 1 is 0.304 bits per heavy atom. The SMILES string of the molecule is CCCCCCCCCCCCCCCCCCCCCCCC#CC1=C(c2cc(CCCCCC)c(CCCCCC)c(CCCCCC)c2)[N+](=[N-])C(c2cc(CCCCCC)c(CCCCCC)c(CCCCCC)c2)=C1. The standard InChI is InChI=1S/C77H130N2/c1-8-15-22-29-30-31-32-33-34-35-36-37-38-39-40-41-42-43-44-45-46-47-52-59-71-66-76(72-62-67(55-48-23-16-9-2)74(60-53-27-20-13-6)68(63-72)56-49-24-17-10-3)79(78)77(71)73-64-69(57-50-25-18-11-4)75(61-54-28-21-14-7)70(65-73)58-51-26-19-12-5/h62-66H,8-51,53-58,60-61H2,1-7H3. The third-order valence-electron chi connectivity index (χ3n) is 17.8. The molecule has 0 amide bonds. The highest BCUT2D eigenvalue weighted by Gasteiger charge is 2.31. The fraction of sp³-hybridized carbons (Fsp3) is 0.766. The summed E-state index contributed by atoms with van der Waals surface area (Å²) in [6.45, 7) is 16.3. The van der Waals surface area contributed by atoms with Crippen molar-refractivity contribution in [1.29, 1.82) is 0 Å². The topological polar surface area (TPSA) is 25.3 Å². The quantitative estimate of drug-likeness (QED) is 0.0358. The lowest BCUT2D eigenvalue weighted by atomic mass is 9.87. The molecule has 1 heterocycles. The third kappa shape index (κ3) is 30.8. The normalized spacial score (nSPS) is 12.5. The monoisotopic (exact) mass is 1080 g/mol. The van der Waals surface area contributed by atoms with E-state index in [2.05, 4.69) is 90.6 Å². The van der Waals surface area contributed by atoms with E-state index in [1.54, 1.807) is 15.8 Å². The van der Waals surface area contributed by atoms with Gasteiger partial charge in [0.1, 0.15) is 5.57 Å². The van der Waals surface area contributed by atoms with Crippen molar-refractivity contribution in [2.45, 2.75) is 382 Å². The van der Waals surface area contributed by atoms with Crippen molar-refractivity contribution in [3.63, 3.8) is 0 Å². The molecule has 448 valence electrons. The minimum Gasteiger partial charge on any atom is -0.493 e. The average molecular weight is 1080 g/mol. The molecule has 0 fully saturated rings. The van der Waals surface area contributed by atoms with E-state index in [0.717, 1.165) is 55.5 Å². The summed E-state index contributed by atoms with van der Waals surface area (Å²) in [5, 5.41) is 0. The summed E-state index contributed by atoms with van der Waals surface area (Å²) in [5.41, 5.74) is 27.5. The van der Waals surface area contributed by atoms with Crippen LogP contribution in [0.2, 0.25) is 0 Å². The Hall–Kier alpha value is -2.92. The molecule has 3 rings (SSSR count). The number of unbranched alkanes of at least 4 members (excludes halogenated alkanes) is 39. The molecule has 0 spiro atoms. The van der Waals surface area contributed by atoms with Gasteiger partial charge in [-0.25, -0.2) is 4.70 Å². The minimum absolute atomic E-state index is 0.918. The van der Waals surface area contributed by atoms with Gasteiger partial charge in [-0.3, -0.25) is 0 Å². The fourth-order valence-corrected chi connectivity index (χ4v) is 12.7. The first-order valence-electron chi connectivity index (χ1n) is 35.7. The zero-order chi connectivity index (χ0) is 56.6. The molecular weight excluding hydrogens is 953 g/mol. The van der Waals surface area contributed by atoms with Gasteiger partial charge < -0.3 is 5.53 Å². The van der Waals surface area contributed by atoms with Gasteiger partial charge >= 0.3 is 0 Å². The van der Waals surface area contributed by atoms with E-state index in [1.807, 2.05) is 0 Å². The van der Waals surface area contributed by atoms with Crippen LogP contribution in [0.3, 0.4) is 0 Å². The van der Waals surface area contributed by atoms with E-state index in [0.29, 0.717) is 0 Å². The molecule has 0 bridgehead atoms. The van der Waals surface area contributed by atoms with Crippen molar-refractivity contribution in [3.05, 3.63) is 86.0 Å². The molecular formula is C77H130N2. The molecule has 1 aliphatic heterocycles. The van der Waals surface area contributed by atoms with Gasteiger partial charge in [0.15, 0.2) is 0 Å². The molecule has 79 heavy (non-hydrogen) atoms. The van der Waals surface area contributed by atoms with Gasteiger partial charge in [0, 0.05) is 23.6 Å². The summed E-state index contributed by atoms with van der Waals surface area (Å²) in [6.07, 6.45) is 70.3. The molecule has 0 saturated heterocycles. The Kier molecular flexibility index (Phi) is 43.3. The van der Waals surface area contributed by atoms with Crippen LogP contribution >= 0.6 is 0 Å². The molecule has 2 aromatic carbocycles. The number of hydrogen-bond acceptors (Lipinski definition) is 0. The Labute approximate surface area is 493 Å². The van der Waals surface area contributed by atoms with Gasteiger partial charge in [-0.05, 0) is 141 Å². The Bertz CT molecular complexity index is 1900. The van der Waals surface area contributed by atoms with Crippen LogP contribution in [0, 0.1) is 11.8 Å². The van der Waals surface area contributed by atoms with E-state index in [-0.39, 0.29) is 0 Å². The Morgan fingerprint density at radius 3 is 0.861 bits per heavy atom. The maximum atomic E-state index is 12.9. The molecule has 0 saturated carbocycles. The van der Waals surface area contributed by atoms with Gasteiger partial charge in [0.05, 0.1) is 0 Å². The first-order chi connectivity index (χ1) is 39.0. The van der Waals surface area contributed by atoms with E-state index in [4.69, 9.17) is 0 Å². The maximum Gasteiger partial charge on any atom is 0.223 e. The summed E-state index contributed by atoms with van der Waals surface area (Å²) in [5.74, 6) is 7.49. The first kappa shape index (κ1) is 70.3. The van der Waals surface area contributed by atoms with Crippen molar-refractivity contribution in [2.75, 3.05) is 0 Å². The van der Waals surface area contributed by atoms with Crippen molar-refractivity contribution < 1.29 is 4.70 Å². The molecule has 0 aromatic heterocycles. The summed E-state index contributed by atoms with van der Waals surface area (Å²) < 4.78 is 1.61. The van der Waals surface area contributed by atoms with Crippen molar-refractivity contribution in [2.24, 2.45) is 0 Å². The number of nitrogens with zero attached hydrogens (tertiary/aromatic N) is 2. The zero-order valence-electron chi connectivity index (χ0n) is 54.1. The van der Waals surface area contributed by atoms with Gasteiger partial charge in [0.2, 0.25) is 11.4 Å². The fourth-order valence-electron chi connectivity index (χ4n) is 12.7. The summed E-state index contributed by atoms with van der Waals surface area (Å²) >= 11 is 0. The predicted octanol–water partition coefficient (Wildman–Crippen LogP) is 25.8. The second kappa shape index (κ2) is 48.6. The van der Waals surface area contributed by atoms with Crippen LogP contribution in [0.4, 0.5) is 0 Å². The van der Waals surface area contributed by atoms with Crippen molar-refractivity contribution in [1.82, 2.24) is 0 Å². The van der Waals surface area contributed by atoms with Gasteiger partial charge in [0.25, 0.3) is 0 Å². The number of hydrogen-bond donors (Lipinski definition) is 0. The molecule has 2 nitrogen and oxygen atoms in total. The van der Waals surface area contributed by atoms with Gasteiger partial charge in [-0.15, -0.1) is 0 Å². The second-order valence-electron chi connectivity index (χ2n) is 25.1. The lowest BCUT2D eigenvalue weighted by Gasteiger charge is -2.20. The zero-order valence-corrected chi connectivity index (χ0v) is 54.1. The van der Waals surface area contributed by atoms with Crippen LogP contribution in [0.15, 0.2) is 35.9 Å². The lowest BCUT2D eigenvalue weighted by Crippen LogP contribution is -2.09. The van der Waals surface area contributed by atoms with E-state index in [9.17, 15) is 5.53 Å².